The molecule has 0 spiro atoms. The lowest BCUT2D eigenvalue weighted by Gasteiger charge is -2.31. The first-order chi connectivity index (χ1) is 18.0. The summed E-state index contributed by atoms with van der Waals surface area (Å²) in [5.74, 6) is 3.49. The second-order valence-corrected chi connectivity index (χ2v) is 9.97. The van der Waals surface area contributed by atoms with Crippen molar-refractivity contribution in [2.45, 2.75) is 58.2 Å². The Morgan fingerprint density at radius 1 is 0.946 bits per heavy atom. The van der Waals surface area contributed by atoms with Gasteiger partial charge < -0.3 is 23.5 Å². The van der Waals surface area contributed by atoms with E-state index in [1.807, 2.05) is 44.6 Å². The Labute approximate surface area is 221 Å². The predicted molar refractivity (Wildman–Crippen MR) is 146 cm³/mol. The summed E-state index contributed by atoms with van der Waals surface area (Å²) in [6.45, 7) is 9.04. The zero-order valence-electron chi connectivity index (χ0n) is 22.7. The number of hydrogen-bond acceptors (Lipinski definition) is 6. The Balaban J connectivity index is 1.31. The molecular formula is C30H41N3O4. The maximum Gasteiger partial charge on any atom is 0.161 e. The van der Waals surface area contributed by atoms with E-state index in [2.05, 4.69) is 45.6 Å². The number of aryl methyl sites for hydroxylation is 3. The van der Waals surface area contributed by atoms with Crippen molar-refractivity contribution in [1.29, 1.82) is 0 Å². The number of methoxy groups -OCH3 is 2. The second kappa shape index (κ2) is 13.0. The van der Waals surface area contributed by atoms with Gasteiger partial charge in [-0.2, -0.15) is 0 Å². The summed E-state index contributed by atoms with van der Waals surface area (Å²) in [4.78, 5) is 6.78. The molecule has 0 radical (unpaired) electrons. The Morgan fingerprint density at radius 3 is 2.51 bits per heavy atom. The summed E-state index contributed by atoms with van der Waals surface area (Å²) in [7, 11) is 3.50. The van der Waals surface area contributed by atoms with Crippen LogP contribution in [0.15, 0.2) is 54.9 Å². The highest BCUT2D eigenvalue weighted by Gasteiger charge is 2.33. The van der Waals surface area contributed by atoms with Gasteiger partial charge in [-0.25, -0.2) is 4.98 Å². The van der Waals surface area contributed by atoms with Crippen LogP contribution in [-0.2, 0) is 17.8 Å². The van der Waals surface area contributed by atoms with Crippen LogP contribution in [0.5, 0.6) is 17.2 Å². The molecule has 3 aromatic rings. The topological polar surface area (TPSA) is 58.0 Å². The summed E-state index contributed by atoms with van der Waals surface area (Å²) < 4.78 is 26.0. The van der Waals surface area contributed by atoms with Crippen molar-refractivity contribution in [3.63, 3.8) is 0 Å². The molecule has 1 saturated heterocycles. The minimum Gasteiger partial charge on any atom is -0.493 e. The van der Waals surface area contributed by atoms with E-state index in [-0.39, 0.29) is 5.60 Å². The van der Waals surface area contributed by atoms with Gasteiger partial charge in [0.05, 0.1) is 13.7 Å². The monoisotopic (exact) mass is 507 g/mol. The number of ether oxygens (including phenoxy) is 4. The molecule has 7 heteroatoms. The minimum atomic E-state index is -0.262. The van der Waals surface area contributed by atoms with Crippen molar-refractivity contribution in [3.8, 4) is 17.2 Å². The van der Waals surface area contributed by atoms with Gasteiger partial charge in [0.1, 0.15) is 23.8 Å². The molecule has 0 saturated carbocycles. The van der Waals surface area contributed by atoms with Crippen LogP contribution in [0.25, 0.3) is 0 Å². The van der Waals surface area contributed by atoms with E-state index in [0.29, 0.717) is 13.2 Å². The molecule has 0 bridgehead atoms. The summed E-state index contributed by atoms with van der Waals surface area (Å²) in [5.41, 5.74) is 2.19. The molecule has 1 aliphatic heterocycles. The fourth-order valence-electron chi connectivity index (χ4n) is 4.89. The van der Waals surface area contributed by atoms with Crippen molar-refractivity contribution in [2.24, 2.45) is 0 Å². The molecule has 0 N–H and O–H groups in total. The molecule has 1 fully saturated rings. The number of imidazole rings is 1. The first-order valence-corrected chi connectivity index (χ1v) is 13.2. The molecule has 1 aromatic heterocycles. The molecular weight excluding hydrogens is 466 g/mol. The Bertz CT molecular complexity index is 1110. The molecule has 0 aliphatic carbocycles. The summed E-state index contributed by atoms with van der Waals surface area (Å²) in [5, 5.41) is 0. The molecule has 4 rings (SSSR count). The normalized spacial score (nSPS) is 18.4. The van der Waals surface area contributed by atoms with Crippen molar-refractivity contribution >= 4 is 0 Å². The third-order valence-corrected chi connectivity index (χ3v) is 7.31. The van der Waals surface area contributed by atoms with Crippen LogP contribution in [0.3, 0.4) is 0 Å². The van der Waals surface area contributed by atoms with Gasteiger partial charge in [-0.05, 0) is 75.9 Å². The van der Waals surface area contributed by atoms with Gasteiger partial charge in [-0.15, -0.1) is 0 Å². The van der Waals surface area contributed by atoms with E-state index in [4.69, 9.17) is 18.9 Å². The second-order valence-electron chi connectivity index (χ2n) is 9.97. The van der Waals surface area contributed by atoms with Crippen LogP contribution >= 0.6 is 0 Å². The summed E-state index contributed by atoms with van der Waals surface area (Å²) >= 11 is 0. The third kappa shape index (κ3) is 7.49. The molecule has 37 heavy (non-hydrogen) atoms. The smallest absolute Gasteiger partial charge is 0.161 e. The highest BCUT2D eigenvalue weighted by molar-refractivity contribution is 5.43. The molecule has 2 aromatic carbocycles. The molecule has 0 amide bonds. The predicted octanol–water partition coefficient (Wildman–Crippen LogP) is 5.43. The number of likely N-dealkylation sites (tertiary alicyclic amines) is 1. The first kappa shape index (κ1) is 27.0. The van der Waals surface area contributed by atoms with Crippen molar-refractivity contribution in [2.75, 3.05) is 40.5 Å². The Kier molecular flexibility index (Phi) is 9.47. The van der Waals surface area contributed by atoms with Gasteiger partial charge >= 0.3 is 0 Å². The van der Waals surface area contributed by atoms with Gasteiger partial charge in [0.25, 0.3) is 0 Å². The molecule has 7 nitrogen and oxygen atoms in total. The average Bonchev–Trinajstić information content (AvgIpc) is 3.21. The van der Waals surface area contributed by atoms with E-state index < -0.39 is 0 Å². The van der Waals surface area contributed by atoms with E-state index in [9.17, 15) is 0 Å². The third-order valence-electron chi connectivity index (χ3n) is 7.31. The number of hydrogen-bond donors (Lipinski definition) is 0. The molecule has 2 heterocycles. The molecule has 1 aliphatic rings. The maximum atomic E-state index is 6.14. The lowest BCUT2D eigenvalue weighted by molar-refractivity contribution is -0.0541. The van der Waals surface area contributed by atoms with Crippen LogP contribution in [0.1, 0.15) is 42.6 Å². The highest BCUT2D eigenvalue weighted by Crippen LogP contribution is 2.31. The summed E-state index contributed by atoms with van der Waals surface area (Å²) in [6, 6.07) is 14.5. The number of nitrogens with zero attached hydrogens (tertiary/aromatic N) is 3. The fraction of sp³-hybridized carbons (Fsp3) is 0.500. The maximum absolute atomic E-state index is 6.14. The van der Waals surface area contributed by atoms with Crippen LogP contribution in [0, 0.1) is 13.8 Å². The van der Waals surface area contributed by atoms with Crippen molar-refractivity contribution in [3.05, 3.63) is 71.8 Å². The van der Waals surface area contributed by atoms with Gasteiger partial charge in [0.15, 0.2) is 11.5 Å². The highest BCUT2D eigenvalue weighted by atomic mass is 16.5. The van der Waals surface area contributed by atoms with Crippen LogP contribution in [0.2, 0.25) is 0 Å². The zero-order chi connectivity index (χ0) is 26.1. The average molecular weight is 508 g/mol. The lowest BCUT2D eigenvalue weighted by atomic mass is 9.95. The lowest BCUT2D eigenvalue weighted by Crippen LogP contribution is -2.39. The molecule has 1 atom stereocenters. The summed E-state index contributed by atoms with van der Waals surface area (Å²) in [6.07, 6.45) is 7.73. The fourth-order valence-corrected chi connectivity index (χ4v) is 4.89. The quantitative estimate of drug-likeness (QED) is 0.305. The van der Waals surface area contributed by atoms with Crippen LogP contribution < -0.4 is 14.2 Å². The van der Waals surface area contributed by atoms with E-state index in [0.717, 1.165) is 74.9 Å². The molecule has 0 unspecified atom stereocenters. The standard InChI is InChI=1S/C30H41N3O4/c1-24-7-10-27(11-8-24)37-23-30(35-4)13-5-16-32(18-14-30)22-26-9-12-28(34-3)29(21-26)36-20-6-17-33-19-15-31-25(33)2/h7-12,15,19,21H,5-6,13-14,16-18,20,22-23H2,1-4H3/t30-/m1/s1. The number of rotatable bonds is 12. The number of benzene rings is 2. The van der Waals surface area contributed by atoms with Gasteiger partial charge in [-0.3, -0.25) is 4.90 Å². The zero-order valence-corrected chi connectivity index (χ0v) is 22.7. The largest absolute Gasteiger partial charge is 0.493 e. The van der Waals surface area contributed by atoms with E-state index in [1.54, 1.807) is 7.11 Å². The molecule has 200 valence electrons. The van der Waals surface area contributed by atoms with Gasteiger partial charge in [-0.1, -0.05) is 23.8 Å². The first-order valence-electron chi connectivity index (χ1n) is 13.2. The number of aromatic nitrogens is 2. The SMILES string of the molecule is COc1ccc(CN2CCC[C@@](COc3ccc(C)cc3)(OC)CC2)cc1OCCCn1ccnc1C. The Morgan fingerprint density at radius 2 is 1.78 bits per heavy atom. The minimum absolute atomic E-state index is 0.262. The Hall–Kier alpha value is -3.03. The van der Waals surface area contributed by atoms with Crippen LogP contribution in [-0.4, -0.2) is 60.6 Å². The van der Waals surface area contributed by atoms with Gasteiger partial charge in [0.2, 0.25) is 0 Å². The van der Waals surface area contributed by atoms with E-state index in [1.165, 1.54) is 11.1 Å². The van der Waals surface area contributed by atoms with Crippen molar-refractivity contribution in [1.82, 2.24) is 14.5 Å². The van der Waals surface area contributed by atoms with Gasteiger partial charge in [0, 0.05) is 39.1 Å². The van der Waals surface area contributed by atoms with Crippen LogP contribution in [0.4, 0.5) is 0 Å². The van der Waals surface area contributed by atoms with E-state index >= 15 is 0 Å². The van der Waals surface area contributed by atoms with Crippen molar-refractivity contribution < 1.29 is 18.9 Å².